The van der Waals surface area contributed by atoms with Crippen LogP contribution in [0.3, 0.4) is 0 Å². The Kier molecular flexibility index (Phi) is 4.56. The van der Waals surface area contributed by atoms with Gasteiger partial charge in [0.15, 0.2) is 0 Å². The van der Waals surface area contributed by atoms with Gasteiger partial charge in [-0.15, -0.1) is 0 Å². The molecule has 1 N–H and O–H groups in total. The Hall–Kier alpha value is -1.97. The van der Waals surface area contributed by atoms with Crippen LogP contribution in [0.5, 0.6) is 5.75 Å². The maximum Gasteiger partial charge on any atom is 0.225 e. The first-order valence-electron chi connectivity index (χ1n) is 7.25. The van der Waals surface area contributed by atoms with Crippen molar-refractivity contribution in [3.63, 3.8) is 0 Å². The average Bonchev–Trinajstić information content (AvgIpc) is 2.90. The zero-order valence-corrected chi connectivity index (χ0v) is 12.9. The SMILES string of the molecule is C=C(OC)[C@H]1CN(C(=O)C(C)C)C[C@@H]1c1ccccc1O. The highest BCUT2D eigenvalue weighted by Crippen LogP contribution is 2.40. The normalized spacial score (nSPS) is 21.6. The van der Waals surface area contributed by atoms with Crippen LogP contribution >= 0.6 is 0 Å². The number of phenolic OH excluding ortho intramolecular Hbond substituents is 1. The number of para-hydroxylation sites is 1. The maximum atomic E-state index is 12.3. The van der Waals surface area contributed by atoms with Crippen LogP contribution in [-0.4, -0.2) is 36.1 Å². The van der Waals surface area contributed by atoms with Crippen LogP contribution in [0.25, 0.3) is 0 Å². The van der Waals surface area contributed by atoms with Crippen LogP contribution in [0, 0.1) is 11.8 Å². The number of nitrogens with zero attached hydrogens (tertiary/aromatic N) is 1. The second-order valence-corrected chi connectivity index (χ2v) is 5.84. The molecule has 1 fully saturated rings. The first-order valence-corrected chi connectivity index (χ1v) is 7.25. The highest BCUT2D eigenvalue weighted by atomic mass is 16.5. The lowest BCUT2D eigenvalue weighted by atomic mass is 9.87. The van der Waals surface area contributed by atoms with E-state index in [-0.39, 0.29) is 29.4 Å². The number of ether oxygens (including phenoxy) is 1. The van der Waals surface area contributed by atoms with Crippen LogP contribution in [0.15, 0.2) is 36.6 Å². The summed E-state index contributed by atoms with van der Waals surface area (Å²) >= 11 is 0. The van der Waals surface area contributed by atoms with Crippen LogP contribution in [0.2, 0.25) is 0 Å². The summed E-state index contributed by atoms with van der Waals surface area (Å²) in [6, 6.07) is 7.27. The molecule has 0 saturated carbocycles. The van der Waals surface area contributed by atoms with Gasteiger partial charge in [-0.25, -0.2) is 0 Å². The molecular formula is C17H23NO3. The predicted molar refractivity (Wildman–Crippen MR) is 81.9 cm³/mol. The second-order valence-electron chi connectivity index (χ2n) is 5.84. The molecule has 1 aliphatic rings. The number of carbonyl (C=O) groups is 1. The zero-order valence-electron chi connectivity index (χ0n) is 12.9. The van der Waals surface area contributed by atoms with Crippen molar-refractivity contribution in [1.29, 1.82) is 0 Å². The Balaban J connectivity index is 2.31. The molecular weight excluding hydrogens is 266 g/mol. The monoisotopic (exact) mass is 289 g/mol. The fourth-order valence-electron chi connectivity index (χ4n) is 2.94. The summed E-state index contributed by atoms with van der Waals surface area (Å²) in [7, 11) is 1.59. The van der Waals surface area contributed by atoms with Gasteiger partial charge in [-0.1, -0.05) is 38.6 Å². The molecule has 1 heterocycles. The van der Waals surface area contributed by atoms with Gasteiger partial charge in [0.05, 0.1) is 12.9 Å². The summed E-state index contributed by atoms with van der Waals surface area (Å²) < 4.78 is 5.30. The van der Waals surface area contributed by atoms with Gasteiger partial charge in [0.1, 0.15) is 5.75 Å². The predicted octanol–water partition coefficient (Wildman–Crippen LogP) is 2.75. The number of hydrogen-bond donors (Lipinski definition) is 1. The molecule has 2 rings (SSSR count). The minimum Gasteiger partial charge on any atom is -0.508 e. The van der Waals surface area contributed by atoms with E-state index in [1.165, 1.54) is 0 Å². The number of rotatable bonds is 4. The number of benzene rings is 1. The molecule has 114 valence electrons. The van der Waals surface area contributed by atoms with Crippen molar-refractivity contribution >= 4 is 5.91 Å². The van der Waals surface area contributed by atoms with E-state index < -0.39 is 0 Å². The average molecular weight is 289 g/mol. The first kappa shape index (κ1) is 15.4. The minimum atomic E-state index is -0.0374. The fourth-order valence-corrected chi connectivity index (χ4v) is 2.94. The van der Waals surface area contributed by atoms with Crippen molar-refractivity contribution in [2.24, 2.45) is 11.8 Å². The number of aromatic hydroxyl groups is 1. The number of phenols is 1. The summed E-state index contributed by atoms with van der Waals surface area (Å²) in [6.45, 7) is 8.93. The zero-order chi connectivity index (χ0) is 15.6. The van der Waals surface area contributed by atoms with Gasteiger partial charge >= 0.3 is 0 Å². The van der Waals surface area contributed by atoms with E-state index in [1.54, 1.807) is 19.2 Å². The lowest BCUT2D eigenvalue weighted by molar-refractivity contribution is -0.133. The van der Waals surface area contributed by atoms with Crippen LogP contribution < -0.4 is 0 Å². The molecule has 1 aromatic carbocycles. The molecule has 21 heavy (non-hydrogen) atoms. The summed E-state index contributed by atoms with van der Waals surface area (Å²) in [4.78, 5) is 14.1. The number of likely N-dealkylation sites (tertiary alicyclic amines) is 1. The van der Waals surface area contributed by atoms with Gasteiger partial charge < -0.3 is 14.7 Å². The molecule has 1 amide bonds. The largest absolute Gasteiger partial charge is 0.508 e. The van der Waals surface area contributed by atoms with E-state index in [2.05, 4.69) is 6.58 Å². The third-order valence-electron chi connectivity index (χ3n) is 4.14. The standard InChI is InChI=1S/C17H23NO3/c1-11(2)17(20)18-9-14(12(3)21-4)15(10-18)13-7-5-6-8-16(13)19/h5-8,11,14-15,19H,3,9-10H2,1-2,4H3/t14-,15-/m1/s1. The highest BCUT2D eigenvalue weighted by molar-refractivity contribution is 5.78. The lowest BCUT2D eigenvalue weighted by Crippen LogP contribution is -2.32. The summed E-state index contributed by atoms with van der Waals surface area (Å²) in [6.07, 6.45) is 0. The molecule has 0 radical (unpaired) electrons. The van der Waals surface area contributed by atoms with Gasteiger partial charge in [-0.05, 0) is 11.6 Å². The molecule has 0 bridgehead atoms. The Bertz CT molecular complexity index is 539. The second kappa shape index (κ2) is 6.20. The van der Waals surface area contributed by atoms with Crippen molar-refractivity contribution in [1.82, 2.24) is 4.90 Å². The third-order valence-corrected chi connectivity index (χ3v) is 4.14. The summed E-state index contributed by atoms with van der Waals surface area (Å²) in [5.74, 6) is 1.02. The molecule has 1 aliphatic heterocycles. The van der Waals surface area contributed by atoms with E-state index in [0.717, 1.165) is 5.56 Å². The van der Waals surface area contributed by atoms with Crippen molar-refractivity contribution in [2.45, 2.75) is 19.8 Å². The van der Waals surface area contributed by atoms with Crippen LogP contribution in [0.1, 0.15) is 25.3 Å². The Morgan fingerprint density at radius 3 is 2.62 bits per heavy atom. The van der Waals surface area contributed by atoms with E-state index in [4.69, 9.17) is 4.74 Å². The highest BCUT2D eigenvalue weighted by Gasteiger charge is 2.39. The van der Waals surface area contributed by atoms with E-state index >= 15 is 0 Å². The number of methoxy groups -OCH3 is 1. The van der Waals surface area contributed by atoms with E-state index in [0.29, 0.717) is 18.8 Å². The molecule has 0 aliphatic carbocycles. The lowest BCUT2D eigenvalue weighted by Gasteiger charge is -2.20. The molecule has 4 heteroatoms. The third kappa shape index (κ3) is 3.04. The molecule has 1 saturated heterocycles. The van der Waals surface area contributed by atoms with Gasteiger partial charge in [0.25, 0.3) is 0 Å². The Labute approximate surface area is 126 Å². The molecule has 1 aromatic rings. The molecule has 4 nitrogen and oxygen atoms in total. The van der Waals surface area contributed by atoms with Crippen LogP contribution in [-0.2, 0) is 9.53 Å². The quantitative estimate of drug-likeness (QED) is 0.867. The molecule has 0 spiro atoms. The van der Waals surface area contributed by atoms with Gasteiger partial charge in [-0.3, -0.25) is 4.79 Å². The maximum absolute atomic E-state index is 12.3. The molecule has 0 unspecified atom stereocenters. The Morgan fingerprint density at radius 2 is 2.05 bits per heavy atom. The molecule has 2 atom stereocenters. The smallest absolute Gasteiger partial charge is 0.225 e. The van der Waals surface area contributed by atoms with E-state index in [1.807, 2.05) is 30.9 Å². The summed E-state index contributed by atoms with van der Waals surface area (Å²) in [5.41, 5.74) is 0.847. The summed E-state index contributed by atoms with van der Waals surface area (Å²) in [5, 5.41) is 10.1. The van der Waals surface area contributed by atoms with Crippen molar-refractivity contribution < 1.29 is 14.6 Å². The minimum absolute atomic E-state index is 0.00556. The number of hydrogen-bond acceptors (Lipinski definition) is 3. The van der Waals surface area contributed by atoms with Crippen molar-refractivity contribution in [2.75, 3.05) is 20.2 Å². The van der Waals surface area contributed by atoms with Crippen LogP contribution in [0.4, 0.5) is 0 Å². The number of carbonyl (C=O) groups excluding carboxylic acids is 1. The number of amides is 1. The van der Waals surface area contributed by atoms with Gasteiger partial charge in [0, 0.05) is 30.8 Å². The van der Waals surface area contributed by atoms with Crippen molar-refractivity contribution in [3.05, 3.63) is 42.2 Å². The Morgan fingerprint density at radius 1 is 1.38 bits per heavy atom. The molecule has 0 aromatic heterocycles. The topological polar surface area (TPSA) is 49.8 Å². The fraction of sp³-hybridized carbons (Fsp3) is 0.471. The van der Waals surface area contributed by atoms with E-state index in [9.17, 15) is 9.90 Å². The van der Waals surface area contributed by atoms with Crippen molar-refractivity contribution in [3.8, 4) is 5.75 Å². The van der Waals surface area contributed by atoms with Gasteiger partial charge in [0.2, 0.25) is 5.91 Å². The van der Waals surface area contributed by atoms with Gasteiger partial charge in [-0.2, -0.15) is 0 Å². The first-order chi connectivity index (χ1) is 9.95.